The number of allylic oxidation sites excluding steroid dienone is 12. The normalized spacial score (nSPS) is 13.3. The van der Waals surface area contributed by atoms with Crippen molar-refractivity contribution in [3.8, 4) is 0 Å². The smallest absolute Gasteiger partial charge is 0.361 e. The number of carboxylic acid groups (broad SMARTS) is 1. The lowest BCUT2D eigenvalue weighted by Gasteiger charge is -2.25. The molecule has 422 valence electrons. The molecule has 0 amide bonds. The first-order chi connectivity index (χ1) is 35.6. The van der Waals surface area contributed by atoms with Gasteiger partial charge < -0.3 is 28.5 Å². The summed E-state index contributed by atoms with van der Waals surface area (Å²) in [6, 6.07) is 0. The number of nitrogens with zero attached hydrogens (tertiary/aromatic N) is 1. The predicted molar refractivity (Wildman–Crippen MR) is 309 cm³/mol. The van der Waals surface area contributed by atoms with Crippen molar-refractivity contribution >= 4 is 17.9 Å². The number of hydrogen-bond donors (Lipinski definition) is 1. The minimum absolute atomic E-state index is 0.181. The fourth-order valence-corrected chi connectivity index (χ4v) is 8.33. The molecule has 0 aliphatic heterocycles. The molecule has 0 bridgehead atoms. The van der Waals surface area contributed by atoms with E-state index < -0.39 is 24.3 Å². The highest BCUT2D eigenvalue weighted by molar-refractivity contribution is 5.71. The maximum atomic E-state index is 12.8. The monoisotopic (exact) mass is 1020 g/mol. The molecule has 0 aromatic heterocycles. The third-order valence-corrected chi connectivity index (χ3v) is 12.9. The van der Waals surface area contributed by atoms with Crippen LogP contribution in [-0.2, 0) is 33.3 Å². The zero-order chi connectivity index (χ0) is 53.4. The molecule has 0 saturated heterocycles. The lowest BCUT2D eigenvalue weighted by atomic mass is 10.0. The summed E-state index contributed by atoms with van der Waals surface area (Å²) in [6.45, 7) is 4.74. The van der Waals surface area contributed by atoms with Crippen LogP contribution in [0.5, 0.6) is 0 Å². The molecule has 2 atom stereocenters. The molecule has 1 N–H and O–H groups in total. The van der Waals surface area contributed by atoms with Gasteiger partial charge in [-0.15, -0.1) is 0 Å². The van der Waals surface area contributed by atoms with Crippen molar-refractivity contribution in [3.63, 3.8) is 0 Å². The van der Waals surface area contributed by atoms with Crippen LogP contribution in [0.3, 0.4) is 0 Å². The van der Waals surface area contributed by atoms with Crippen LogP contribution in [0.15, 0.2) is 72.9 Å². The summed E-state index contributed by atoms with van der Waals surface area (Å²) in [4.78, 5) is 37.4. The number of quaternary nitrogens is 1. The molecule has 0 aliphatic rings. The second-order valence-corrected chi connectivity index (χ2v) is 21.3. The maximum absolute atomic E-state index is 12.8. The molecule has 0 spiro atoms. The maximum Gasteiger partial charge on any atom is 0.361 e. The van der Waals surface area contributed by atoms with Gasteiger partial charge in [0.1, 0.15) is 13.2 Å². The van der Waals surface area contributed by atoms with Crippen LogP contribution in [0.1, 0.15) is 258 Å². The second kappa shape index (κ2) is 55.0. The number of hydrogen-bond acceptors (Lipinski definition) is 7. The molecule has 0 fully saturated rings. The topological polar surface area (TPSA) is 108 Å². The Labute approximate surface area is 449 Å². The van der Waals surface area contributed by atoms with Gasteiger partial charge in [0.15, 0.2) is 6.10 Å². The largest absolute Gasteiger partial charge is 0.477 e. The van der Waals surface area contributed by atoms with Gasteiger partial charge in [0.25, 0.3) is 6.29 Å². The van der Waals surface area contributed by atoms with Crippen LogP contribution < -0.4 is 0 Å². The minimum atomic E-state index is -1.52. The Morgan fingerprint density at radius 2 is 0.781 bits per heavy atom. The quantitative estimate of drug-likeness (QED) is 0.0211. The number of likely N-dealkylation sites (N-methyl/N-ethyl adjacent to an activating group) is 1. The van der Waals surface area contributed by atoms with Crippen LogP contribution in [-0.4, -0.2) is 87.4 Å². The standard InChI is InChI=1S/C64H113NO8/c1-6-8-10-12-14-16-18-20-22-24-25-26-27-28-29-30-31-32-33-34-35-36-37-39-40-42-44-46-48-50-52-54-61(66)71-58-60(59-72-64(63(68)69)70-57-56-65(3,4)5)73-62(67)55-53-51-49-47-45-43-41-38-23-21-19-17-15-13-11-9-7-2/h9,11,15,17-18,20-21,23-25,41,43,60,64H,6-8,10,12-14,16,19,22,26-40,42,44-59H2,1-5H3/p+1/b11-9-,17-15-,20-18-,23-21-,25-24-,43-41-. The summed E-state index contributed by atoms with van der Waals surface area (Å²) < 4.78 is 22.9. The Hall–Kier alpha value is -3.27. The molecular formula is C64H114NO8+. The van der Waals surface area contributed by atoms with Crippen LogP contribution >= 0.6 is 0 Å². The number of esters is 2. The zero-order valence-corrected chi connectivity index (χ0v) is 48.0. The molecule has 0 aromatic rings. The average Bonchev–Trinajstić information content (AvgIpc) is 3.36. The summed E-state index contributed by atoms with van der Waals surface area (Å²) in [6.07, 6.45) is 68.6. The first-order valence-electron chi connectivity index (χ1n) is 30.1. The van der Waals surface area contributed by atoms with Crippen molar-refractivity contribution in [2.75, 3.05) is 47.5 Å². The van der Waals surface area contributed by atoms with Crippen molar-refractivity contribution in [1.29, 1.82) is 0 Å². The van der Waals surface area contributed by atoms with Gasteiger partial charge in [0.2, 0.25) is 0 Å². The molecule has 2 unspecified atom stereocenters. The third kappa shape index (κ3) is 56.3. The fraction of sp³-hybridized carbons (Fsp3) is 0.766. The van der Waals surface area contributed by atoms with Crippen molar-refractivity contribution in [3.05, 3.63) is 72.9 Å². The van der Waals surface area contributed by atoms with E-state index in [-0.39, 0.29) is 32.2 Å². The van der Waals surface area contributed by atoms with E-state index in [1.165, 1.54) is 148 Å². The van der Waals surface area contributed by atoms with E-state index in [2.05, 4.69) is 86.8 Å². The minimum Gasteiger partial charge on any atom is -0.477 e. The summed E-state index contributed by atoms with van der Waals surface area (Å²) in [5.74, 6) is -2.03. The number of rotatable bonds is 55. The first-order valence-corrected chi connectivity index (χ1v) is 30.1. The van der Waals surface area contributed by atoms with Crippen molar-refractivity contribution in [2.45, 2.75) is 270 Å². The number of ether oxygens (including phenoxy) is 4. The van der Waals surface area contributed by atoms with Gasteiger partial charge in [-0.1, -0.05) is 234 Å². The molecule has 9 nitrogen and oxygen atoms in total. The van der Waals surface area contributed by atoms with Crippen LogP contribution in [0.2, 0.25) is 0 Å². The van der Waals surface area contributed by atoms with Gasteiger partial charge in [-0.05, 0) is 83.5 Å². The molecule has 73 heavy (non-hydrogen) atoms. The SMILES string of the molecule is CC/C=C\C/C=C\C/C=C\C/C=C\CCCCCCC(=O)OC(COC(=O)CCCCCCCCCCCCCCCCCCCCC/C=C\C/C=C\CCCCCCC)COC(OCC[N+](C)(C)C)C(=O)O. The lowest BCUT2D eigenvalue weighted by molar-refractivity contribution is -0.870. The molecule has 9 heteroatoms. The van der Waals surface area contributed by atoms with E-state index in [9.17, 15) is 19.5 Å². The van der Waals surface area contributed by atoms with E-state index in [0.717, 1.165) is 77.0 Å². The number of carbonyl (C=O) groups is 3. The van der Waals surface area contributed by atoms with E-state index in [1.807, 2.05) is 21.1 Å². The van der Waals surface area contributed by atoms with Gasteiger partial charge in [-0.25, -0.2) is 4.79 Å². The van der Waals surface area contributed by atoms with Crippen LogP contribution in [0.25, 0.3) is 0 Å². The highest BCUT2D eigenvalue weighted by Gasteiger charge is 2.25. The van der Waals surface area contributed by atoms with E-state index in [4.69, 9.17) is 18.9 Å². The molecule has 0 saturated carbocycles. The molecule has 0 heterocycles. The lowest BCUT2D eigenvalue weighted by Crippen LogP contribution is -2.40. The zero-order valence-electron chi connectivity index (χ0n) is 48.0. The van der Waals surface area contributed by atoms with Crippen molar-refractivity contribution < 1.29 is 42.9 Å². The first kappa shape index (κ1) is 69.7. The molecule has 0 rings (SSSR count). The predicted octanol–water partition coefficient (Wildman–Crippen LogP) is 17.8. The average molecular weight is 1030 g/mol. The summed E-state index contributed by atoms with van der Waals surface area (Å²) in [7, 11) is 5.96. The number of unbranched alkanes of at least 4 members (excludes halogenated alkanes) is 28. The number of aliphatic carboxylic acids is 1. The Bertz CT molecular complexity index is 1420. The van der Waals surface area contributed by atoms with E-state index >= 15 is 0 Å². The Kier molecular flexibility index (Phi) is 52.5. The number of carboxylic acids is 1. The Morgan fingerprint density at radius 1 is 0.425 bits per heavy atom. The summed E-state index contributed by atoms with van der Waals surface area (Å²) >= 11 is 0. The van der Waals surface area contributed by atoms with Crippen molar-refractivity contribution in [1.82, 2.24) is 0 Å². The number of carbonyl (C=O) groups excluding carboxylic acids is 2. The Balaban J connectivity index is 4.14. The van der Waals surface area contributed by atoms with Crippen molar-refractivity contribution in [2.24, 2.45) is 0 Å². The van der Waals surface area contributed by atoms with Gasteiger partial charge in [0, 0.05) is 12.8 Å². The van der Waals surface area contributed by atoms with E-state index in [0.29, 0.717) is 23.9 Å². The van der Waals surface area contributed by atoms with Gasteiger partial charge in [-0.3, -0.25) is 9.59 Å². The summed E-state index contributed by atoms with van der Waals surface area (Å²) in [5.41, 5.74) is 0. The van der Waals surface area contributed by atoms with Gasteiger partial charge in [-0.2, -0.15) is 0 Å². The van der Waals surface area contributed by atoms with Gasteiger partial charge >= 0.3 is 17.9 Å². The van der Waals surface area contributed by atoms with Gasteiger partial charge in [0.05, 0.1) is 34.4 Å². The Morgan fingerprint density at radius 3 is 1.16 bits per heavy atom. The summed E-state index contributed by atoms with van der Waals surface area (Å²) in [5, 5.41) is 9.70. The van der Waals surface area contributed by atoms with Crippen LogP contribution in [0.4, 0.5) is 0 Å². The molecular weight excluding hydrogens is 911 g/mol. The third-order valence-electron chi connectivity index (χ3n) is 12.9. The molecule has 0 aromatic carbocycles. The molecule has 0 radical (unpaired) electrons. The van der Waals surface area contributed by atoms with Crippen LogP contribution in [0, 0.1) is 0 Å². The molecule has 0 aliphatic carbocycles. The highest BCUT2D eigenvalue weighted by Crippen LogP contribution is 2.16. The van der Waals surface area contributed by atoms with E-state index in [1.54, 1.807) is 0 Å². The fourth-order valence-electron chi connectivity index (χ4n) is 8.33. The highest BCUT2D eigenvalue weighted by atomic mass is 16.7. The second-order valence-electron chi connectivity index (χ2n) is 21.3.